The Morgan fingerprint density at radius 2 is 2.11 bits per heavy atom. The largest absolute Gasteiger partial charge is 0.504 e. The molecule has 2 rings (SSSR count). The zero-order valence-corrected chi connectivity index (χ0v) is 10.5. The molecule has 0 aliphatic heterocycles. The zero-order valence-electron chi connectivity index (χ0n) is 10.5. The zero-order chi connectivity index (χ0) is 14.0. The number of nitrogens with zero attached hydrogens (tertiary/aromatic N) is 2. The average Bonchev–Trinajstić information content (AvgIpc) is 2.88. The van der Waals surface area contributed by atoms with Crippen LogP contribution in [0.2, 0.25) is 0 Å². The molecule has 0 heterocycles. The van der Waals surface area contributed by atoms with Crippen molar-refractivity contribution in [3.05, 3.63) is 27.8 Å². The number of ether oxygens (including phenoxy) is 1. The van der Waals surface area contributed by atoms with Crippen molar-refractivity contribution in [3.8, 4) is 17.6 Å². The van der Waals surface area contributed by atoms with Crippen LogP contribution < -0.4 is 4.74 Å². The van der Waals surface area contributed by atoms with E-state index in [2.05, 4.69) is 6.07 Å². The summed E-state index contributed by atoms with van der Waals surface area (Å²) in [6.45, 7) is 0. The summed E-state index contributed by atoms with van der Waals surface area (Å²) in [5.74, 6) is -0.133. The summed E-state index contributed by atoms with van der Waals surface area (Å²) in [4.78, 5) is 10.6. The Kier molecular flexibility index (Phi) is 3.30. The van der Waals surface area contributed by atoms with Gasteiger partial charge in [-0.05, 0) is 18.9 Å². The first kappa shape index (κ1) is 13.1. The quantitative estimate of drug-likeness (QED) is 0.667. The minimum absolute atomic E-state index is 0.155. The molecule has 1 N–H and O–H groups in total. The normalized spacial score (nSPS) is 16.8. The number of phenols is 1. The Bertz CT molecular complexity index is 556. The van der Waals surface area contributed by atoms with E-state index in [4.69, 9.17) is 4.74 Å². The van der Waals surface area contributed by atoms with Crippen LogP contribution in [0.1, 0.15) is 31.2 Å². The molecule has 0 unspecified atom stereocenters. The topological polar surface area (TPSA) is 96.4 Å². The third-order valence-electron chi connectivity index (χ3n) is 3.68. The summed E-state index contributed by atoms with van der Waals surface area (Å²) in [5.41, 5.74) is -0.725. The lowest BCUT2D eigenvalue weighted by Gasteiger charge is -2.21. The monoisotopic (exact) mass is 262 g/mol. The van der Waals surface area contributed by atoms with Gasteiger partial charge in [0.05, 0.1) is 35.1 Å². The number of rotatable bonds is 3. The van der Waals surface area contributed by atoms with Crippen molar-refractivity contribution in [3.63, 3.8) is 0 Å². The van der Waals surface area contributed by atoms with E-state index in [0.717, 1.165) is 18.9 Å². The molecule has 0 bridgehead atoms. The predicted molar refractivity (Wildman–Crippen MR) is 67.1 cm³/mol. The Balaban J connectivity index is 2.66. The second-order valence-corrected chi connectivity index (χ2v) is 4.70. The summed E-state index contributed by atoms with van der Waals surface area (Å²) in [6, 6.07) is 4.70. The van der Waals surface area contributed by atoms with Crippen molar-refractivity contribution < 1.29 is 14.8 Å². The first-order chi connectivity index (χ1) is 9.04. The van der Waals surface area contributed by atoms with Crippen LogP contribution in [0.5, 0.6) is 11.5 Å². The average molecular weight is 262 g/mol. The highest BCUT2D eigenvalue weighted by Gasteiger charge is 2.41. The molecule has 6 nitrogen and oxygen atoms in total. The molecule has 1 aromatic carbocycles. The molecule has 0 radical (unpaired) electrons. The first-order valence-electron chi connectivity index (χ1n) is 6.01. The number of nitro benzene ring substituents is 1. The van der Waals surface area contributed by atoms with Crippen molar-refractivity contribution in [2.24, 2.45) is 0 Å². The maximum Gasteiger partial charge on any atom is 0.278 e. The van der Waals surface area contributed by atoms with Gasteiger partial charge >= 0.3 is 0 Å². The van der Waals surface area contributed by atoms with Gasteiger partial charge < -0.3 is 9.84 Å². The van der Waals surface area contributed by atoms with Crippen molar-refractivity contribution >= 4 is 5.69 Å². The second kappa shape index (κ2) is 4.76. The van der Waals surface area contributed by atoms with Gasteiger partial charge in [0.15, 0.2) is 11.5 Å². The fraction of sp³-hybridized carbons (Fsp3) is 0.462. The van der Waals surface area contributed by atoms with E-state index in [-0.39, 0.29) is 17.2 Å². The van der Waals surface area contributed by atoms with Crippen molar-refractivity contribution in [1.29, 1.82) is 5.26 Å². The smallest absolute Gasteiger partial charge is 0.278 e. The molecular weight excluding hydrogens is 248 g/mol. The molecule has 19 heavy (non-hydrogen) atoms. The van der Waals surface area contributed by atoms with Crippen LogP contribution in [-0.2, 0) is 5.41 Å². The van der Waals surface area contributed by atoms with E-state index in [1.807, 2.05) is 0 Å². The van der Waals surface area contributed by atoms with Gasteiger partial charge in [-0.1, -0.05) is 12.8 Å². The molecule has 1 aliphatic carbocycles. The van der Waals surface area contributed by atoms with E-state index >= 15 is 0 Å². The van der Waals surface area contributed by atoms with Gasteiger partial charge in [0, 0.05) is 0 Å². The Morgan fingerprint density at radius 1 is 1.47 bits per heavy atom. The van der Waals surface area contributed by atoms with Gasteiger partial charge in [-0.3, -0.25) is 10.1 Å². The van der Waals surface area contributed by atoms with Crippen LogP contribution in [-0.4, -0.2) is 17.1 Å². The fourth-order valence-electron chi connectivity index (χ4n) is 2.68. The van der Waals surface area contributed by atoms with Crippen LogP contribution in [0.15, 0.2) is 12.1 Å². The van der Waals surface area contributed by atoms with Crippen LogP contribution in [0.25, 0.3) is 0 Å². The minimum atomic E-state index is -0.844. The van der Waals surface area contributed by atoms with E-state index < -0.39 is 10.3 Å². The first-order valence-corrected chi connectivity index (χ1v) is 6.01. The number of aromatic hydroxyl groups is 1. The van der Waals surface area contributed by atoms with E-state index in [1.54, 1.807) is 0 Å². The predicted octanol–water partition coefficient (Wildman–Crippen LogP) is 2.64. The number of methoxy groups -OCH3 is 1. The molecule has 6 heteroatoms. The summed E-state index contributed by atoms with van der Waals surface area (Å²) in [5, 5.41) is 30.2. The lowest BCUT2D eigenvalue weighted by Crippen LogP contribution is -2.21. The minimum Gasteiger partial charge on any atom is -0.504 e. The molecule has 1 aliphatic rings. The Hall–Kier alpha value is -2.29. The maximum absolute atomic E-state index is 11.1. The third-order valence-corrected chi connectivity index (χ3v) is 3.68. The van der Waals surface area contributed by atoms with Crippen molar-refractivity contribution in [2.75, 3.05) is 7.11 Å². The van der Waals surface area contributed by atoms with Crippen LogP contribution in [0, 0.1) is 21.4 Å². The number of nitriles is 1. The summed E-state index contributed by atoms with van der Waals surface area (Å²) in [7, 11) is 1.37. The Morgan fingerprint density at radius 3 is 2.58 bits per heavy atom. The van der Waals surface area contributed by atoms with Gasteiger partial charge in [0.1, 0.15) is 0 Å². The van der Waals surface area contributed by atoms with Crippen LogP contribution in [0.4, 0.5) is 5.69 Å². The van der Waals surface area contributed by atoms with Gasteiger partial charge in [0.2, 0.25) is 0 Å². The number of phenolic OH excluding ortho intramolecular Hbond substituents is 1. The summed E-state index contributed by atoms with van der Waals surface area (Å²) < 4.78 is 4.99. The Labute approximate surface area is 110 Å². The van der Waals surface area contributed by atoms with Gasteiger partial charge in [0.25, 0.3) is 5.69 Å². The van der Waals surface area contributed by atoms with Crippen molar-refractivity contribution in [2.45, 2.75) is 31.1 Å². The molecular formula is C13H14N2O4. The molecule has 0 amide bonds. The highest BCUT2D eigenvalue weighted by molar-refractivity contribution is 5.58. The molecule has 1 saturated carbocycles. The number of hydrogen-bond acceptors (Lipinski definition) is 5. The second-order valence-electron chi connectivity index (χ2n) is 4.70. The van der Waals surface area contributed by atoms with E-state index in [9.17, 15) is 20.5 Å². The van der Waals surface area contributed by atoms with E-state index in [0.29, 0.717) is 18.4 Å². The standard InChI is InChI=1S/C13H14N2O4/c1-19-12-6-9(10(15(17)18)7-11(12)16)13(8-14)4-2-3-5-13/h6-7,16H,2-5H2,1H3. The third kappa shape index (κ3) is 2.08. The molecule has 1 fully saturated rings. The molecule has 0 saturated heterocycles. The molecule has 1 aromatic rings. The number of hydrogen-bond donors (Lipinski definition) is 1. The van der Waals surface area contributed by atoms with Crippen molar-refractivity contribution in [1.82, 2.24) is 0 Å². The van der Waals surface area contributed by atoms with Gasteiger partial charge in [-0.25, -0.2) is 0 Å². The maximum atomic E-state index is 11.1. The van der Waals surface area contributed by atoms with Crippen LogP contribution >= 0.6 is 0 Å². The van der Waals surface area contributed by atoms with Crippen LogP contribution in [0.3, 0.4) is 0 Å². The highest BCUT2D eigenvalue weighted by Crippen LogP contribution is 2.47. The lowest BCUT2D eigenvalue weighted by molar-refractivity contribution is -0.386. The van der Waals surface area contributed by atoms with Gasteiger partial charge in [-0.2, -0.15) is 5.26 Å². The fourth-order valence-corrected chi connectivity index (χ4v) is 2.68. The lowest BCUT2D eigenvalue weighted by atomic mass is 9.79. The SMILES string of the molecule is COc1cc(C2(C#N)CCCC2)c([N+](=O)[O-])cc1O. The molecule has 0 atom stereocenters. The van der Waals surface area contributed by atoms with Gasteiger partial charge in [-0.15, -0.1) is 0 Å². The number of benzene rings is 1. The molecule has 0 spiro atoms. The van der Waals surface area contributed by atoms with E-state index in [1.165, 1.54) is 13.2 Å². The molecule has 100 valence electrons. The number of nitro groups is 1. The highest BCUT2D eigenvalue weighted by atomic mass is 16.6. The molecule has 0 aromatic heterocycles. The summed E-state index contributed by atoms with van der Waals surface area (Å²) >= 11 is 0. The summed E-state index contributed by atoms with van der Waals surface area (Å²) in [6.07, 6.45) is 2.93.